The Hall–Kier alpha value is -2.24. The van der Waals surface area contributed by atoms with Crippen LogP contribution in [-0.4, -0.2) is 68.0 Å². The molecule has 0 unspecified atom stereocenters. The number of aryl methyl sites for hydroxylation is 1. The minimum atomic E-state index is 0.158. The first-order valence-electron chi connectivity index (χ1n) is 9.70. The minimum Gasteiger partial charge on any atom is -0.374 e. The van der Waals surface area contributed by atoms with Gasteiger partial charge in [-0.3, -0.25) is 4.79 Å². The lowest BCUT2D eigenvalue weighted by molar-refractivity contribution is -0.130. The van der Waals surface area contributed by atoms with Crippen molar-refractivity contribution in [3.63, 3.8) is 0 Å². The van der Waals surface area contributed by atoms with Crippen LogP contribution < -0.4 is 10.2 Å². The van der Waals surface area contributed by atoms with E-state index in [2.05, 4.69) is 47.3 Å². The number of hydrogen-bond acceptors (Lipinski definition) is 3. The second kappa shape index (κ2) is 8.43. The molecular formula is C20H31N5O. The van der Waals surface area contributed by atoms with E-state index in [-0.39, 0.29) is 5.91 Å². The van der Waals surface area contributed by atoms with Crippen LogP contribution in [0.1, 0.15) is 31.4 Å². The zero-order chi connectivity index (χ0) is 18.5. The summed E-state index contributed by atoms with van der Waals surface area (Å²) >= 11 is 0. The Morgan fingerprint density at radius 1 is 1.15 bits per heavy atom. The molecule has 1 fully saturated rings. The van der Waals surface area contributed by atoms with Gasteiger partial charge in [0.05, 0.1) is 6.54 Å². The number of piperazine rings is 1. The van der Waals surface area contributed by atoms with Gasteiger partial charge in [0.2, 0.25) is 5.91 Å². The smallest absolute Gasteiger partial charge is 0.219 e. The van der Waals surface area contributed by atoms with Crippen molar-refractivity contribution in [1.29, 1.82) is 0 Å². The number of nitrogens with one attached hydrogen (secondary N) is 1. The summed E-state index contributed by atoms with van der Waals surface area (Å²) in [4.78, 5) is 22.9. The lowest BCUT2D eigenvalue weighted by atomic mass is 10.00. The third kappa shape index (κ3) is 4.29. The zero-order valence-corrected chi connectivity index (χ0v) is 16.3. The van der Waals surface area contributed by atoms with Gasteiger partial charge < -0.3 is 20.0 Å². The van der Waals surface area contributed by atoms with E-state index in [1.807, 2.05) is 4.90 Å². The molecule has 0 spiro atoms. The lowest BCUT2D eigenvalue weighted by Gasteiger charge is -2.36. The Morgan fingerprint density at radius 3 is 2.58 bits per heavy atom. The lowest BCUT2D eigenvalue weighted by Crippen LogP contribution is -2.53. The highest BCUT2D eigenvalue weighted by molar-refractivity contribution is 5.80. The van der Waals surface area contributed by atoms with Gasteiger partial charge in [0, 0.05) is 58.9 Å². The van der Waals surface area contributed by atoms with Crippen LogP contribution in [0.3, 0.4) is 0 Å². The number of fused-ring (bicyclic) bond motifs is 1. The third-order valence-corrected chi connectivity index (χ3v) is 5.27. The number of benzene rings is 1. The standard InChI is InChI=1S/C20H31N5O/c1-4-21-20(25-12-10-24(11-13-25)16(2)26)22-15-17-7-8-19-18(14-17)6-5-9-23(19)3/h7-8,14H,4-6,9-13,15H2,1-3H3,(H,21,22). The van der Waals surface area contributed by atoms with Crippen molar-refractivity contribution in [1.82, 2.24) is 15.1 Å². The molecule has 0 aliphatic carbocycles. The second-order valence-electron chi connectivity index (χ2n) is 7.15. The quantitative estimate of drug-likeness (QED) is 0.661. The number of hydrogen-bond donors (Lipinski definition) is 1. The summed E-state index contributed by atoms with van der Waals surface area (Å²) in [5, 5.41) is 3.40. The second-order valence-corrected chi connectivity index (χ2v) is 7.15. The first-order valence-corrected chi connectivity index (χ1v) is 9.70. The molecule has 1 amide bonds. The maximum Gasteiger partial charge on any atom is 0.219 e. The van der Waals surface area contributed by atoms with Crippen molar-refractivity contribution in [2.45, 2.75) is 33.2 Å². The van der Waals surface area contributed by atoms with Gasteiger partial charge in [0.1, 0.15) is 0 Å². The van der Waals surface area contributed by atoms with Crippen molar-refractivity contribution >= 4 is 17.6 Å². The van der Waals surface area contributed by atoms with Crippen molar-refractivity contribution < 1.29 is 4.79 Å². The van der Waals surface area contributed by atoms with E-state index in [9.17, 15) is 4.79 Å². The number of carbonyl (C=O) groups is 1. The zero-order valence-electron chi connectivity index (χ0n) is 16.3. The van der Waals surface area contributed by atoms with E-state index in [1.165, 1.54) is 23.2 Å². The van der Waals surface area contributed by atoms with Crippen LogP contribution in [0.2, 0.25) is 0 Å². The summed E-state index contributed by atoms with van der Waals surface area (Å²) in [6.07, 6.45) is 2.38. The largest absolute Gasteiger partial charge is 0.374 e. The Labute approximate surface area is 156 Å². The molecule has 0 atom stereocenters. The van der Waals surface area contributed by atoms with Gasteiger partial charge in [-0.05, 0) is 37.0 Å². The average molecular weight is 358 g/mol. The summed E-state index contributed by atoms with van der Waals surface area (Å²) in [7, 11) is 2.17. The molecule has 2 aliphatic heterocycles. The van der Waals surface area contributed by atoms with Crippen LogP contribution in [0.5, 0.6) is 0 Å². The molecule has 0 bridgehead atoms. The number of anilines is 1. The van der Waals surface area contributed by atoms with E-state index >= 15 is 0 Å². The van der Waals surface area contributed by atoms with Gasteiger partial charge >= 0.3 is 0 Å². The SMILES string of the molecule is CCNC(=NCc1ccc2c(c1)CCCN2C)N1CCN(C(C)=O)CC1. The summed E-state index contributed by atoms with van der Waals surface area (Å²) in [5.74, 6) is 1.11. The third-order valence-electron chi connectivity index (χ3n) is 5.27. The molecule has 0 radical (unpaired) electrons. The molecule has 1 aromatic rings. The van der Waals surface area contributed by atoms with Crippen molar-refractivity contribution in [2.24, 2.45) is 4.99 Å². The van der Waals surface area contributed by atoms with Gasteiger partial charge in [-0.2, -0.15) is 0 Å². The molecular weight excluding hydrogens is 326 g/mol. The summed E-state index contributed by atoms with van der Waals surface area (Å²) in [5.41, 5.74) is 4.06. The fraction of sp³-hybridized carbons (Fsp3) is 0.600. The number of guanidine groups is 1. The van der Waals surface area contributed by atoms with Crippen LogP contribution in [0.15, 0.2) is 23.2 Å². The molecule has 3 rings (SSSR count). The van der Waals surface area contributed by atoms with Crippen LogP contribution in [0, 0.1) is 0 Å². The summed E-state index contributed by atoms with van der Waals surface area (Å²) < 4.78 is 0. The highest BCUT2D eigenvalue weighted by Gasteiger charge is 2.21. The highest BCUT2D eigenvalue weighted by Crippen LogP contribution is 2.27. The first kappa shape index (κ1) is 18.5. The summed E-state index contributed by atoms with van der Waals surface area (Å²) in [6, 6.07) is 6.74. The molecule has 142 valence electrons. The van der Waals surface area contributed by atoms with Crippen LogP contribution in [-0.2, 0) is 17.8 Å². The fourth-order valence-electron chi connectivity index (χ4n) is 3.76. The highest BCUT2D eigenvalue weighted by atomic mass is 16.2. The van der Waals surface area contributed by atoms with Gasteiger partial charge in [-0.25, -0.2) is 4.99 Å². The Kier molecular flexibility index (Phi) is 6.01. The molecule has 2 aliphatic rings. The van der Waals surface area contributed by atoms with Crippen molar-refractivity contribution in [2.75, 3.05) is 51.2 Å². The van der Waals surface area contributed by atoms with Crippen molar-refractivity contribution in [3.05, 3.63) is 29.3 Å². The van der Waals surface area contributed by atoms with Crippen molar-refractivity contribution in [3.8, 4) is 0 Å². The first-order chi connectivity index (χ1) is 12.6. The van der Waals surface area contributed by atoms with Gasteiger partial charge in [0.25, 0.3) is 0 Å². The molecule has 1 saturated heterocycles. The average Bonchev–Trinajstić information content (AvgIpc) is 2.65. The molecule has 0 aromatic heterocycles. The van der Waals surface area contributed by atoms with E-state index in [4.69, 9.17) is 4.99 Å². The molecule has 6 nitrogen and oxygen atoms in total. The van der Waals surface area contributed by atoms with Crippen LogP contribution in [0.4, 0.5) is 5.69 Å². The predicted molar refractivity (Wildman–Crippen MR) is 107 cm³/mol. The van der Waals surface area contributed by atoms with Gasteiger partial charge in [0.15, 0.2) is 5.96 Å². The van der Waals surface area contributed by atoms with E-state index in [0.29, 0.717) is 6.54 Å². The monoisotopic (exact) mass is 357 g/mol. The maximum absolute atomic E-state index is 11.5. The number of amides is 1. The predicted octanol–water partition coefficient (Wildman–Crippen LogP) is 1.70. The van der Waals surface area contributed by atoms with Gasteiger partial charge in [-0.15, -0.1) is 0 Å². The molecule has 1 aromatic carbocycles. The molecule has 0 saturated carbocycles. The number of carbonyl (C=O) groups excluding carboxylic acids is 1. The topological polar surface area (TPSA) is 51.2 Å². The molecule has 2 heterocycles. The molecule has 6 heteroatoms. The van der Waals surface area contributed by atoms with Gasteiger partial charge in [-0.1, -0.05) is 12.1 Å². The van der Waals surface area contributed by atoms with E-state index in [0.717, 1.165) is 51.6 Å². The normalized spacial score (nSPS) is 18.0. The molecule has 1 N–H and O–H groups in total. The summed E-state index contributed by atoms with van der Waals surface area (Å²) in [6.45, 7) is 9.61. The van der Waals surface area contributed by atoms with Crippen LogP contribution >= 0.6 is 0 Å². The minimum absolute atomic E-state index is 0.158. The van der Waals surface area contributed by atoms with E-state index < -0.39 is 0 Å². The fourth-order valence-corrected chi connectivity index (χ4v) is 3.76. The Morgan fingerprint density at radius 2 is 1.88 bits per heavy atom. The van der Waals surface area contributed by atoms with Crippen LogP contribution in [0.25, 0.3) is 0 Å². The Balaban J connectivity index is 1.67. The van der Waals surface area contributed by atoms with E-state index in [1.54, 1.807) is 6.92 Å². The maximum atomic E-state index is 11.5. The Bertz CT molecular complexity index is 664. The number of aliphatic imine (C=N–C) groups is 1. The number of nitrogens with zero attached hydrogens (tertiary/aromatic N) is 4. The number of rotatable bonds is 3. The molecule has 26 heavy (non-hydrogen) atoms.